The molecule has 0 spiro atoms. The number of carbonyl (C=O) groups is 2. The Morgan fingerprint density at radius 2 is 0.935 bits per heavy atom. The second kappa shape index (κ2) is 15.7. The van der Waals surface area contributed by atoms with E-state index in [4.69, 9.17) is 28.4 Å². The lowest BCUT2D eigenvalue weighted by Gasteiger charge is -2.23. The van der Waals surface area contributed by atoms with E-state index in [0.29, 0.717) is 23.0 Å². The van der Waals surface area contributed by atoms with Crippen LogP contribution >= 0.6 is 0 Å². The van der Waals surface area contributed by atoms with E-state index in [-0.39, 0.29) is 26.4 Å². The number of hydrogen-bond donors (Lipinski definition) is 0. The first-order valence-corrected chi connectivity index (χ1v) is 15.3. The molecule has 0 saturated heterocycles. The van der Waals surface area contributed by atoms with Crippen LogP contribution in [0, 0.1) is 0 Å². The third-order valence-corrected chi connectivity index (χ3v) is 7.25. The molecule has 2 unspecified atom stereocenters. The van der Waals surface area contributed by atoms with E-state index < -0.39 is 24.1 Å². The summed E-state index contributed by atoms with van der Waals surface area (Å²) >= 11 is 0. The van der Waals surface area contributed by atoms with E-state index in [1.54, 1.807) is 0 Å². The first kappa shape index (κ1) is 32.2. The normalized spacial score (nSPS) is 12.2. The minimum absolute atomic E-state index is 0.0760. The zero-order valence-corrected chi connectivity index (χ0v) is 26.3. The molecule has 46 heavy (non-hydrogen) atoms. The first-order chi connectivity index (χ1) is 22.4. The van der Waals surface area contributed by atoms with Crippen LogP contribution < -0.4 is 18.9 Å². The molecule has 0 amide bonds. The second-order valence-electron chi connectivity index (χ2n) is 10.8. The summed E-state index contributed by atoms with van der Waals surface area (Å²) in [5.74, 6) is 1.79. The van der Waals surface area contributed by atoms with E-state index in [0.717, 1.165) is 33.5 Å². The van der Waals surface area contributed by atoms with Crippen molar-refractivity contribution in [3.8, 4) is 23.0 Å². The summed E-state index contributed by atoms with van der Waals surface area (Å²) in [7, 11) is 0. The molecule has 2 atom stereocenters. The molecule has 8 heteroatoms. The summed E-state index contributed by atoms with van der Waals surface area (Å²) in [6.07, 6.45) is -0.470. The predicted molar refractivity (Wildman–Crippen MR) is 177 cm³/mol. The maximum atomic E-state index is 12.0. The molecule has 0 bridgehead atoms. The molecule has 5 aromatic rings. The van der Waals surface area contributed by atoms with Gasteiger partial charge in [0, 0.05) is 35.4 Å². The maximum absolute atomic E-state index is 12.0. The fourth-order valence-corrected chi connectivity index (χ4v) is 5.14. The number of carbonyl (C=O) groups excluding carboxylic acids is 2. The Bertz CT molecular complexity index is 1750. The number of para-hydroxylation sites is 2. The zero-order chi connectivity index (χ0) is 32.3. The van der Waals surface area contributed by atoms with Crippen molar-refractivity contribution in [3.63, 3.8) is 0 Å². The number of rotatable bonds is 15. The quantitative estimate of drug-likeness (QED) is 0.0886. The van der Waals surface area contributed by atoms with Crippen LogP contribution in [0.4, 0.5) is 0 Å². The summed E-state index contributed by atoms with van der Waals surface area (Å²) in [5.41, 5.74) is 1.12. The van der Waals surface area contributed by atoms with Crippen molar-refractivity contribution in [2.45, 2.75) is 39.4 Å². The second-order valence-corrected chi connectivity index (χ2v) is 10.8. The van der Waals surface area contributed by atoms with E-state index in [2.05, 4.69) is 19.1 Å². The van der Waals surface area contributed by atoms with Crippen LogP contribution in [-0.4, -0.2) is 50.6 Å². The number of benzene rings is 5. The number of ether oxygens (including phenoxy) is 6. The van der Waals surface area contributed by atoms with E-state index in [9.17, 15) is 9.59 Å². The van der Waals surface area contributed by atoms with Gasteiger partial charge in [-0.15, -0.1) is 0 Å². The van der Waals surface area contributed by atoms with Gasteiger partial charge in [0.2, 0.25) is 0 Å². The molecule has 0 aliphatic carbocycles. The van der Waals surface area contributed by atoms with Crippen molar-refractivity contribution in [3.05, 3.63) is 109 Å². The lowest BCUT2D eigenvalue weighted by Crippen LogP contribution is -2.30. The van der Waals surface area contributed by atoms with E-state index in [1.807, 2.05) is 91.0 Å². The number of fused-ring (bicyclic) bond motifs is 2. The highest BCUT2D eigenvalue weighted by Crippen LogP contribution is 2.43. The molecule has 0 aliphatic heterocycles. The topological polar surface area (TPSA) is 89.5 Å². The van der Waals surface area contributed by atoms with E-state index in [1.165, 1.54) is 13.8 Å². The van der Waals surface area contributed by atoms with Crippen molar-refractivity contribution >= 4 is 33.5 Å². The predicted octanol–water partition coefficient (Wildman–Crippen LogP) is 7.33. The maximum Gasteiger partial charge on any atom is 0.303 e. The summed E-state index contributed by atoms with van der Waals surface area (Å²) < 4.78 is 35.9. The summed E-state index contributed by atoms with van der Waals surface area (Å²) in [4.78, 5) is 23.9. The number of esters is 2. The molecule has 0 saturated carbocycles. The lowest BCUT2D eigenvalue weighted by atomic mass is 9.98. The fourth-order valence-electron chi connectivity index (χ4n) is 5.14. The summed E-state index contributed by atoms with van der Waals surface area (Å²) in [6, 6.07) is 32.7. The molecule has 0 aromatic heterocycles. The highest BCUT2D eigenvalue weighted by Gasteiger charge is 2.22. The van der Waals surface area contributed by atoms with Gasteiger partial charge in [0.05, 0.1) is 0 Å². The number of hydrogen-bond acceptors (Lipinski definition) is 8. The third-order valence-electron chi connectivity index (χ3n) is 7.25. The van der Waals surface area contributed by atoms with Gasteiger partial charge in [0.1, 0.15) is 49.4 Å². The Labute approximate surface area is 268 Å². The molecule has 238 valence electrons. The largest absolute Gasteiger partial charge is 0.490 e. The SMILES string of the molecule is CCc1ccc2c(OCC(COc3ccccc3)OC(C)=O)c3ccccc3c(OCC(COc3ccccc3)OC(C)=O)c2c1. The average molecular weight is 623 g/mol. The van der Waals surface area contributed by atoms with Crippen molar-refractivity contribution in [2.24, 2.45) is 0 Å². The van der Waals surface area contributed by atoms with Gasteiger partial charge in [-0.1, -0.05) is 79.7 Å². The molecular formula is C38H38O8. The van der Waals surface area contributed by atoms with Gasteiger partial charge in [-0.2, -0.15) is 0 Å². The van der Waals surface area contributed by atoms with Crippen molar-refractivity contribution in [2.75, 3.05) is 26.4 Å². The highest BCUT2D eigenvalue weighted by molar-refractivity contribution is 6.11. The third kappa shape index (κ3) is 8.47. The molecule has 0 radical (unpaired) electrons. The van der Waals surface area contributed by atoms with Crippen LogP contribution in [0.3, 0.4) is 0 Å². The molecule has 5 rings (SSSR count). The van der Waals surface area contributed by atoms with Crippen LogP contribution in [0.15, 0.2) is 103 Å². The Balaban J connectivity index is 1.45. The molecule has 0 aliphatic rings. The smallest absolute Gasteiger partial charge is 0.303 e. The van der Waals surface area contributed by atoms with Crippen molar-refractivity contribution < 1.29 is 38.0 Å². The van der Waals surface area contributed by atoms with E-state index >= 15 is 0 Å². The standard InChI is InChI=1S/C38H38O8/c1-4-28-19-20-35-36(21-28)38(44-25-32(46-27(3)40)23-42-30-15-9-6-10-16-30)34-18-12-11-17-33(34)37(35)43-24-31(45-26(2)39)22-41-29-13-7-5-8-14-29/h5-21,31-32H,4,22-25H2,1-3H3. The minimum atomic E-state index is -0.647. The Morgan fingerprint density at radius 3 is 1.39 bits per heavy atom. The monoisotopic (exact) mass is 622 g/mol. The van der Waals surface area contributed by atoms with Gasteiger partial charge < -0.3 is 28.4 Å². The van der Waals surface area contributed by atoms with Gasteiger partial charge in [-0.25, -0.2) is 0 Å². The molecule has 5 aromatic carbocycles. The molecule has 8 nitrogen and oxygen atoms in total. The molecular weight excluding hydrogens is 584 g/mol. The van der Waals surface area contributed by atoms with Crippen LogP contribution in [0.1, 0.15) is 26.3 Å². The van der Waals surface area contributed by atoms with Gasteiger partial charge in [0.25, 0.3) is 0 Å². The Hall–Kier alpha value is -5.24. The van der Waals surface area contributed by atoms with Crippen LogP contribution in [0.5, 0.6) is 23.0 Å². The minimum Gasteiger partial charge on any atom is -0.490 e. The molecule has 0 N–H and O–H groups in total. The van der Waals surface area contributed by atoms with Crippen LogP contribution in [0.2, 0.25) is 0 Å². The lowest BCUT2D eigenvalue weighted by molar-refractivity contribution is -0.150. The zero-order valence-electron chi connectivity index (χ0n) is 26.3. The number of aryl methyl sites for hydroxylation is 1. The van der Waals surface area contributed by atoms with Gasteiger partial charge >= 0.3 is 11.9 Å². The Kier molecular flexibility index (Phi) is 10.9. The van der Waals surface area contributed by atoms with Crippen LogP contribution in [0.25, 0.3) is 21.5 Å². The molecule has 0 fully saturated rings. The van der Waals surface area contributed by atoms with Gasteiger partial charge in [0.15, 0.2) is 12.2 Å². The highest BCUT2D eigenvalue weighted by atomic mass is 16.6. The van der Waals surface area contributed by atoms with Crippen molar-refractivity contribution in [1.29, 1.82) is 0 Å². The summed E-state index contributed by atoms with van der Waals surface area (Å²) in [6.45, 7) is 5.24. The Morgan fingerprint density at radius 1 is 0.522 bits per heavy atom. The van der Waals surface area contributed by atoms with Gasteiger partial charge in [-0.05, 0) is 42.3 Å². The van der Waals surface area contributed by atoms with Crippen molar-refractivity contribution in [1.82, 2.24) is 0 Å². The average Bonchev–Trinajstić information content (AvgIpc) is 3.07. The van der Waals surface area contributed by atoms with Gasteiger partial charge in [-0.3, -0.25) is 9.59 Å². The fraction of sp³-hybridized carbons (Fsp3) is 0.263. The molecule has 0 heterocycles. The summed E-state index contributed by atoms with van der Waals surface area (Å²) in [5, 5.41) is 3.34. The first-order valence-electron chi connectivity index (χ1n) is 15.3. The van der Waals surface area contributed by atoms with Crippen LogP contribution in [-0.2, 0) is 25.5 Å².